The highest BCUT2D eigenvalue weighted by Crippen LogP contribution is 2.27. The van der Waals surface area contributed by atoms with Gasteiger partial charge in [-0.05, 0) is 6.07 Å². The number of nitrogens with zero attached hydrogens (tertiary/aromatic N) is 3. The molecule has 0 amide bonds. The van der Waals surface area contributed by atoms with Gasteiger partial charge in [-0.25, -0.2) is 4.98 Å². The Morgan fingerprint density at radius 2 is 1.95 bits per heavy atom. The average molecular weight is 264 g/mol. The summed E-state index contributed by atoms with van der Waals surface area (Å²) >= 11 is 0. The summed E-state index contributed by atoms with van der Waals surface area (Å²) in [4.78, 5) is 6.80. The van der Waals surface area contributed by atoms with Crippen molar-refractivity contribution in [2.45, 2.75) is 18.9 Å². The molecule has 0 aromatic carbocycles. The van der Waals surface area contributed by atoms with Crippen molar-refractivity contribution in [2.75, 3.05) is 57.2 Å². The minimum Gasteiger partial charge on any atom is -0.396 e. The number of hydrogen-bond acceptors (Lipinski definition) is 4. The number of nitrogens with two attached hydrogens (primary N) is 1. The largest absolute Gasteiger partial charge is 0.396 e. The smallest absolute Gasteiger partial charge is 0.151 e. The van der Waals surface area contributed by atoms with E-state index >= 15 is 0 Å². The molecule has 0 atom stereocenters. The molecule has 0 bridgehead atoms. The second-order valence-electron chi connectivity index (χ2n) is 6.22. The van der Waals surface area contributed by atoms with Crippen molar-refractivity contribution >= 4 is 17.2 Å². The molecular weight excluding hydrogens is 238 g/mol. The fraction of sp³-hybridized carbons (Fsp3) is 0.643. The monoisotopic (exact) mass is 264 g/mol. The molecule has 19 heavy (non-hydrogen) atoms. The van der Waals surface area contributed by atoms with E-state index in [2.05, 4.69) is 36.3 Å². The van der Waals surface area contributed by atoms with Crippen LogP contribution >= 0.6 is 0 Å². The number of piperidine rings is 1. The lowest BCUT2D eigenvalue weighted by Gasteiger charge is -2.40. The Morgan fingerprint density at radius 3 is 2.42 bits per heavy atom. The number of nitrogens with one attached hydrogen (secondary N) is 1. The van der Waals surface area contributed by atoms with E-state index in [0.29, 0.717) is 0 Å². The van der Waals surface area contributed by atoms with Crippen LogP contribution in [-0.4, -0.2) is 56.8 Å². The molecular formula is C14H26N5+. The molecule has 1 aromatic heterocycles. The normalized spacial score (nSPS) is 17.6. The molecule has 5 nitrogen and oxygen atoms in total. The van der Waals surface area contributed by atoms with Crippen molar-refractivity contribution in [3.8, 4) is 0 Å². The van der Waals surface area contributed by atoms with Crippen LogP contribution in [0.1, 0.15) is 12.8 Å². The molecule has 3 N–H and O–H groups in total. The van der Waals surface area contributed by atoms with E-state index in [1.165, 1.54) is 12.8 Å². The van der Waals surface area contributed by atoms with Crippen LogP contribution in [0.4, 0.5) is 17.2 Å². The topological polar surface area (TPSA) is 54.2 Å². The first-order chi connectivity index (χ1) is 8.91. The number of aromatic nitrogens is 1. The van der Waals surface area contributed by atoms with Gasteiger partial charge in [-0.2, -0.15) is 0 Å². The lowest BCUT2D eigenvalue weighted by atomic mass is 10.0. The van der Waals surface area contributed by atoms with E-state index in [9.17, 15) is 0 Å². The fourth-order valence-corrected chi connectivity index (χ4v) is 2.73. The van der Waals surface area contributed by atoms with Crippen LogP contribution in [0, 0.1) is 0 Å². The highest BCUT2D eigenvalue weighted by Gasteiger charge is 2.29. The highest BCUT2D eigenvalue weighted by molar-refractivity contribution is 5.67. The second kappa shape index (κ2) is 5.25. The van der Waals surface area contributed by atoms with Gasteiger partial charge in [-0.1, -0.05) is 0 Å². The van der Waals surface area contributed by atoms with Crippen molar-refractivity contribution in [1.29, 1.82) is 0 Å². The first kappa shape index (κ1) is 13.9. The van der Waals surface area contributed by atoms with E-state index in [0.717, 1.165) is 40.8 Å². The predicted octanol–water partition coefficient (Wildman–Crippen LogP) is 1.38. The molecule has 1 fully saturated rings. The lowest BCUT2D eigenvalue weighted by Crippen LogP contribution is -2.51. The highest BCUT2D eigenvalue weighted by atomic mass is 15.3. The summed E-state index contributed by atoms with van der Waals surface area (Å²) in [5, 5.41) is 3.06. The number of rotatable bonds is 3. The van der Waals surface area contributed by atoms with Crippen LogP contribution in [0.2, 0.25) is 0 Å². The minimum absolute atomic E-state index is 0.731. The Labute approximate surface area is 116 Å². The molecule has 2 heterocycles. The zero-order chi connectivity index (χ0) is 14.0. The molecule has 0 aliphatic carbocycles. The molecule has 0 saturated carbocycles. The molecule has 0 radical (unpaired) electrons. The Morgan fingerprint density at radius 1 is 1.32 bits per heavy atom. The summed E-state index contributed by atoms with van der Waals surface area (Å²) in [5.74, 6) is 0.929. The summed E-state index contributed by atoms with van der Waals surface area (Å²) in [6.45, 7) is 2.08. The van der Waals surface area contributed by atoms with Gasteiger partial charge < -0.3 is 20.4 Å². The van der Waals surface area contributed by atoms with Crippen molar-refractivity contribution in [3.05, 3.63) is 12.3 Å². The third-order valence-corrected chi connectivity index (χ3v) is 4.04. The predicted molar refractivity (Wildman–Crippen MR) is 81.5 cm³/mol. The summed E-state index contributed by atoms with van der Waals surface area (Å²) in [6, 6.07) is 2.68. The quantitative estimate of drug-likeness (QED) is 0.810. The number of anilines is 3. The van der Waals surface area contributed by atoms with Gasteiger partial charge in [0.2, 0.25) is 0 Å². The SMILES string of the molecule is CNc1cnc(N2CCC([N+](C)(C)C)CC2)c(N)c1. The van der Waals surface area contributed by atoms with Crippen molar-refractivity contribution in [1.82, 2.24) is 4.98 Å². The average Bonchev–Trinajstić information content (AvgIpc) is 2.37. The van der Waals surface area contributed by atoms with E-state index < -0.39 is 0 Å². The molecule has 1 saturated heterocycles. The van der Waals surface area contributed by atoms with Crippen LogP contribution < -0.4 is 16.0 Å². The van der Waals surface area contributed by atoms with Crippen LogP contribution in [-0.2, 0) is 0 Å². The van der Waals surface area contributed by atoms with Crippen LogP contribution in [0.5, 0.6) is 0 Å². The first-order valence-corrected chi connectivity index (χ1v) is 6.91. The van der Waals surface area contributed by atoms with E-state index in [-0.39, 0.29) is 0 Å². The molecule has 106 valence electrons. The standard InChI is InChI=1S/C14H26N5/c1-16-11-9-13(15)14(17-10-11)18-7-5-12(6-8-18)19(2,3)4/h9-10,12,16H,5-8,15H2,1-4H3/q+1. The Hall–Kier alpha value is -1.49. The lowest BCUT2D eigenvalue weighted by molar-refractivity contribution is -0.896. The van der Waals surface area contributed by atoms with Gasteiger partial charge in [0.05, 0.1) is 44.8 Å². The van der Waals surface area contributed by atoms with Gasteiger partial charge in [-0.15, -0.1) is 0 Å². The number of nitrogen functional groups attached to an aromatic ring is 1. The Kier molecular flexibility index (Phi) is 3.85. The zero-order valence-corrected chi connectivity index (χ0v) is 12.5. The van der Waals surface area contributed by atoms with E-state index in [1.54, 1.807) is 0 Å². The summed E-state index contributed by atoms with van der Waals surface area (Å²) in [6.07, 6.45) is 4.23. The molecule has 0 unspecified atom stereocenters. The van der Waals surface area contributed by atoms with Gasteiger partial charge in [0.25, 0.3) is 0 Å². The third-order valence-electron chi connectivity index (χ3n) is 4.04. The van der Waals surface area contributed by atoms with Gasteiger partial charge in [0.15, 0.2) is 5.82 Å². The summed E-state index contributed by atoms with van der Waals surface area (Å²) < 4.78 is 1.04. The third kappa shape index (κ3) is 3.10. The zero-order valence-electron chi connectivity index (χ0n) is 12.5. The van der Waals surface area contributed by atoms with Gasteiger partial charge >= 0.3 is 0 Å². The Balaban J connectivity index is 2.06. The van der Waals surface area contributed by atoms with Gasteiger partial charge in [-0.3, -0.25) is 0 Å². The molecule has 1 aliphatic heterocycles. The summed E-state index contributed by atoms with van der Waals surface area (Å²) in [5.41, 5.74) is 7.82. The maximum atomic E-state index is 6.10. The van der Waals surface area contributed by atoms with Gasteiger partial charge in [0, 0.05) is 33.0 Å². The Bertz CT molecular complexity index is 430. The minimum atomic E-state index is 0.731. The van der Waals surface area contributed by atoms with Crippen molar-refractivity contribution in [3.63, 3.8) is 0 Å². The number of hydrogen-bond donors (Lipinski definition) is 2. The van der Waals surface area contributed by atoms with Crippen LogP contribution in [0.25, 0.3) is 0 Å². The van der Waals surface area contributed by atoms with Crippen LogP contribution in [0.3, 0.4) is 0 Å². The molecule has 1 aliphatic rings. The van der Waals surface area contributed by atoms with Crippen molar-refractivity contribution < 1.29 is 4.48 Å². The van der Waals surface area contributed by atoms with Gasteiger partial charge in [0.1, 0.15) is 0 Å². The molecule has 5 heteroatoms. The number of quaternary nitrogens is 1. The molecule has 2 rings (SSSR count). The van der Waals surface area contributed by atoms with Crippen molar-refractivity contribution in [2.24, 2.45) is 0 Å². The maximum absolute atomic E-state index is 6.10. The second-order valence-corrected chi connectivity index (χ2v) is 6.22. The van der Waals surface area contributed by atoms with Crippen LogP contribution in [0.15, 0.2) is 12.3 Å². The van der Waals surface area contributed by atoms with E-state index in [1.807, 2.05) is 19.3 Å². The van der Waals surface area contributed by atoms with E-state index in [4.69, 9.17) is 5.73 Å². The number of pyridine rings is 1. The summed E-state index contributed by atoms with van der Waals surface area (Å²) in [7, 11) is 8.70. The first-order valence-electron chi connectivity index (χ1n) is 6.91. The molecule has 0 spiro atoms. The maximum Gasteiger partial charge on any atom is 0.151 e. The fourth-order valence-electron chi connectivity index (χ4n) is 2.73. The molecule has 1 aromatic rings.